The van der Waals surface area contributed by atoms with Gasteiger partial charge in [0.2, 0.25) is 5.95 Å². The van der Waals surface area contributed by atoms with Gasteiger partial charge in [-0.1, -0.05) is 12.1 Å². The Hall–Kier alpha value is -4.03. The summed E-state index contributed by atoms with van der Waals surface area (Å²) in [4.78, 5) is 11.1. The van der Waals surface area contributed by atoms with Gasteiger partial charge in [0.1, 0.15) is 23.2 Å². The second-order valence-corrected chi connectivity index (χ2v) is 6.96. The number of halogens is 1. The number of rotatable bonds is 6. The molecule has 0 bridgehead atoms. The normalized spacial score (nSPS) is 13.7. The van der Waals surface area contributed by atoms with E-state index in [4.69, 9.17) is 9.47 Å². The van der Waals surface area contributed by atoms with Crippen LogP contribution in [-0.2, 0) is 4.74 Å². The summed E-state index contributed by atoms with van der Waals surface area (Å²) in [5.74, 6) is 1.16. The van der Waals surface area contributed by atoms with E-state index < -0.39 is 0 Å². The lowest BCUT2D eigenvalue weighted by atomic mass is 10.1. The number of nitriles is 1. The van der Waals surface area contributed by atoms with Crippen LogP contribution < -0.4 is 15.1 Å². The van der Waals surface area contributed by atoms with Crippen LogP contribution in [0.1, 0.15) is 11.1 Å². The van der Waals surface area contributed by atoms with Crippen molar-refractivity contribution < 1.29 is 13.9 Å². The van der Waals surface area contributed by atoms with Gasteiger partial charge in [-0.2, -0.15) is 15.3 Å². The summed E-state index contributed by atoms with van der Waals surface area (Å²) in [5, 5.41) is 14.1. The van der Waals surface area contributed by atoms with Gasteiger partial charge in [0.25, 0.3) is 0 Å². The molecule has 1 aliphatic rings. The molecule has 1 fully saturated rings. The first-order chi connectivity index (χ1) is 15.7. The summed E-state index contributed by atoms with van der Waals surface area (Å²) < 4.78 is 23.8. The van der Waals surface area contributed by atoms with Crippen molar-refractivity contribution in [2.75, 3.05) is 43.7 Å². The van der Waals surface area contributed by atoms with Gasteiger partial charge in [0, 0.05) is 18.7 Å². The van der Waals surface area contributed by atoms with E-state index >= 15 is 0 Å². The molecule has 0 spiro atoms. The molecule has 1 saturated heterocycles. The lowest BCUT2D eigenvalue weighted by Gasteiger charge is -2.29. The number of benzene rings is 2. The fourth-order valence-corrected chi connectivity index (χ4v) is 3.28. The number of hydrogen-bond acceptors (Lipinski definition) is 8. The van der Waals surface area contributed by atoms with Crippen LogP contribution >= 0.6 is 0 Å². The van der Waals surface area contributed by atoms with Crippen LogP contribution in [0.5, 0.6) is 5.75 Å². The summed E-state index contributed by atoms with van der Waals surface area (Å²) in [7, 11) is 1.60. The van der Waals surface area contributed by atoms with Crippen molar-refractivity contribution in [2.24, 2.45) is 5.10 Å². The third-order valence-corrected chi connectivity index (χ3v) is 4.92. The second-order valence-electron chi connectivity index (χ2n) is 6.96. The molecular weight excluding hydrogens is 411 g/mol. The zero-order chi connectivity index (χ0) is 22.3. The number of ether oxygens (including phenoxy) is 2. The maximum atomic E-state index is 13.1. The first kappa shape index (κ1) is 21.2. The highest BCUT2D eigenvalue weighted by molar-refractivity contribution is 5.80. The molecule has 3 aromatic rings. The number of aromatic nitrogens is 2. The monoisotopic (exact) mass is 432 g/mol. The van der Waals surface area contributed by atoms with Crippen LogP contribution in [0.25, 0.3) is 11.3 Å². The molecule has 8 nitrogen and oxygen atoms in total. The summed E-state index contributed by atoms with van der Waals surface area (Å²) >= 11 is 0. The first-order valence-electron chi connectivity index (χ1n) is 10.0. The Morgan fingerprint density at radius 1 is 1.12 bits per heavy atom. The highest BCUT2D eigenvalue weighted by Crippen LogP contribution is 2.31. The van der Waals surface area contributed by atoms with Gasteiger partial charge in [-0.15, -0.1) is 0 Å². The van der Waals surface area contributed by atoms with E-state index in [1.807, 2.05) is 29.2 Å². The molecule has 2 aromatic carbocycles. The van der Waals surface area contributed by atoms with Gasteiger partial charge in [0.05, 0.1) is 32.2 Å². The lowest BCUT2D eigenvalue weighted by molar-refractivity contribution is 0.122. The SMILES string of the molecule is COc1ccc(-c2nc(N/N=C/c3ccc(F)cc3)nc(N3CCOCC3)c2C#N)cc1. The molecule has 2 heterocycles. The predicted molar refractivity (Wildman–Crippen MR) is 119 cm³/mol. The summed E-state index contributed by atoms with van der Waals surface area (Å²) in [6.45, 7) is 2.34. The van der Waals surface area contributed by atoms with E-state index in [0.29, 0.717) is 49.1 Å². The quantitative estimate of drug-likeness (QED) is 0.471. The molecular formula is C23H21FN6O2. The molecule has 0 saturated carbocycles. The molecule has 32 heavy (non-hydrogen) atoms. The van der Waals surface area contributed by atoms with E-state index in [0.717, 1.165) is 11.1 Å². The Morgan fingerprint density at radius 3 is 2.50 bits per heavy atom. The summed E-state index contributed by atoms with van der Waals surface area (Å²) in [5.41, 5.74) is 5.18. The van der Waals surface area contributed by atoms with E-state index in [1.54, 1.807) is 25.5 Å². The molecule has 162 valence electrons. The lowest BCUT2D eigenvalue weighted by Crippen LogP contribution is -2.37. The van der Waals surface area contributed by atoms with Crippen LogP contribution in [0.3, 0.4) is 0 Å². The Bertz CT molecular complexity index is 1140. The van der Waals surface area contributed by atoms with E-state index in [-0.39, 0.29) is 11.8 Å². The van der Waals surface area contributed by atoms with E-state index in [1.165, 1.54) is 12.1 Å². The topological polar surface area (TPSA) is 95.7 Å². The average molecular weight is 432 g/mol. The maximum absolute atomic E-state index is 13.1. The molecule has 0 amide bonds. The van der Waals surface area contributed by atoms with Gasteiger partial charge < -0.3 is 14.4 Å². The van der Waals surface area contributed by atoms with E-state index in [9.17, 15) is 9.65 Å². The van der Waals surface area contributed by atoms with Crippen LogP contribution in [0.4, 0.5) is 16.2 Å². The molecule has 9 heteroatoms. The van der Waals surface area contributed by atoms with Crippen molar-refractivity contribution in [3.8, 4) is 23.1 Å². The van der Waals surface area contributed by atoms with Gasteiger partial charge >= 0.3 is 0 Å². The van der Waals surface area contributed by atoms with Crippen molar-refractivity contribution in [2.45, 2.75) is 0 Å². The zero-order valence-electron chi connectivity index (χ0n) is 17.5. The smallest absolute Gasteiger partial charge is 0.246 e. The van der Waals surface area contributed by atoms with Crippen molar-refractivity contribution in [1.82, 2.24) is 9.97 Å². The largest absolute Gasteiger partial charge is 0.497 e. The standard InChI is InChI=1S/C23H21FN6O2/c1-31-19-8-4-17(5-9-19)21-20(14-25)22(30-10-12-32-13-11-30)28-23(27-21)29-26-15-16-2-6-18(24)7-3-16/h2-9,15H,10-13H2,1H3,(H,27,28,29)/b26-15+. The molecule has 1 aliphatic heterocycles. The molecule has 1 N–H and O–H groups in total. The maximum Gasteiger partial charge on any atom is 0.246 e. The summed E-state index contributed by atoms with van der Waals surface area (Å²) in [6, 6.07) is 15.5. The van der Waals surface area contributed by atoms with Gasteiger partial charge in [0.15, 0.2) is 5.82 Å². The van der Waals surface area contributed by atoms with Crippen molar-refractivity contribution in [3.63, 3.8) is 0 Å². The van der Waals surface area contributed by atoms with Crippen molar-refractivity contribution >= 4 is 18.0 Å². The molecule has 0 atom stereocenters. The summed E-state index contributed by atoms with van der Waals surface area (Å²) in [6.07, 6.45) is 1.54. The number of methoxy groups -OCH3 is 1. The Morgan fingerprint density at radius 2 is 1.84 bits per heavy atom. The number of anilines is 2. The molecule has 0 unspecified atom stereocenters. The molecule has 1 aromatic heterocycles. The minimum absolute atomic E-state index is 0.245. The number of morpholine rings is 1. The predicted octanol–water partition coefficient (Wildman–Crippen LogP) is 3.45. The first-order valence-corrected chi connectivity index (χ1v) is 10.0. The minimum Gasteiger partial charge on any atom is -0.497 e. The number of hydrogen-bond donors (Lipinski definition) is 1. The number of nitrogens with zero attached hydrogens (tertiary/aromatic N) is 5. The third kappa shape index (κ3) is 4.82. The zero-order valence-corrected chi connectivity index (χ0v) is 17.5. The van der Waals surface area contributed by atoms with Gasteiger partial charge in [-0.3, -0.25) is 0 Å². The van der Waals surface area contributed by atoms with Crippen LogP contribution in [-0.4, -0.2) is 49.6 Å². The number of hydrazone groups is 1. The Kier molecular flexibility index (Phi) is 6.53. The molecule has 0 aliphatic carbocycles. The minimum atomic E-state index is -0.315. The number of nitrogens with one attached hydrogen (secondary N) is 1. The van der Waals surface area contributed by atoms with E-state index in [2.05, 4.69) is 26.6 Å². The van der Waals surface area contributed by atoms with Gasteiger partial charge in [-0.25, -0.2) is 14.8 Å². The highest BCUT2D eigenvalue weighted by Gasteiger charge is 2.22. The highest BCUT2D eigenvalue weighted by atomic mass is 19.1. The van der Waals surface area contributed by atoms with Crippen LogP contribution in [0.2, 0.25) is 0 Å². The van der Waals surface area contributed by atoms with Gasteiger partial charge in [-0.05, 0) is 42.0 Å². The average Bonchev–Trinajstić information content (AvgIpc) is 2.85. The Balaban J connectivity index is 1.71. The fourth-order valence-electron chi connectivity index (χ4n) is 3.28. The molecule has 0 radical (unpaired) electrons. The van der Waals surface area contributed by atoms with Crippen molar-refractivity contribution in [1.29, 1.82) is 5.26 Å². The Labute approximate surface area is 184 Å². The van der Waals surface area contributed by atoms with Crippen LogP contribution in [0.15, 0.2) is 53.6 Å². The van der Waals surface area contributed by atoms with Crippen molar-refractivity contribution in [3.05, 3.63) is 65.5 Å². The molecule has 4 rings (SSSR count). The second kappa shape index (κ2) is 9.85. The fraction of sp³-hybridized carbons (Fsp3) is 0.217. The third-order valence-electron chi connectivity index (χ3n) is 4.92. The van der Waals surface area contributed by atoms with Crippen LogP contribution in [0, 0.1) is 17.1 Å².